The van der Waals surface area contributed by atoms with Gasteiger partial charge in [-0.3, -0.25) is 14.7 Å². The van der Waals surface area contributed by atoms with Gasteiger partial charge in [-0.05, 0) is 42.3 Å². The number of carbonyl (C=O) groups excluding carboxylic acids is 1. The van der Waals surface area contributed by atoms with E-state index in [0.717, 1.165) is 89.9 Å². The fourth-order valence-corrected chi connectivity index (χ4v) is 5.99. The Labute approximate surface area is 239 Å². The number of hydrogen-bond acceptors (Lipinski definition) is 7. The van der Waals surface area contributed by atoms with Gasteiger partial charge in [-0.25, -0.2) is 0 Å². The van der Waals surface area contributed by atoms with E-state index in [1.54, 1.807) is 11.8 Å². The molecule has 0 saturated carbocycles. The third-order valence-electron chi connectivity index (χ3n) is 7.29. The van der Waals surface area contributed by atoms with E-state index in [0.29, 0.717) is 19.0 Å². The topological polar surface area (TPSA) is 66.9 Å². The largest absolute Gasteiger partial charge is 0.494 e. The molecule has 3 heterocycles. The molecule has 0 unspecified atom stereocenters. The van der Waals surface area contributed by atoms with Crippen molar-refractivity contribution < 1.29 is 14.3 Å². The molecule has 3 aromatic carbocycles. The van der Waals surface area contributed by atoms with Crippen molar-refractivity contribution in [2.45, 2.75) is 24.5 Å². The van der Waals surface area contributed by atoms with Crippen LogP contribution in [0, 0.1) is 0 Å². The predicted octanol–water partition coefficient (Wildman–Crippen LogP) is 5.44. The van der Waals surface area contributed by atoms with Gasteiger partial charge in [0.25, 0.3) is 0 Å². The lowest BCUT2D eigenvalue weighted by Gasteiger charge is -2.34. The number of hydrogen-bond donors (Lipinski definition) is 1. The van der Waals surface area contributed by atoms with Crippen LogP contribution in [-0.4, -0.2) is 65.8 Å². The first-order chi connectivity index (χ1) is 19.7. The molecule has 8 heteroatoms. The molecule has 1 N–H and O–H groups in total. The van der Waals surface area contributed by atoms with Crippen molar-refractivity contribution in [3.63, 3.8) is 0 Å². The fourth-order valence-electron chi connectivity index (χ4n) is 5.15. The van der Waals surface area contributed by atoms with Crippen LogP contribution in [0.5, 0.6) is 11.5 Å². The number of benzene rings is 3. The average molecular weight is 555 g/mol. The first-order valence-corrected chi connectivity index (χ1v) is 14.9. The van der Waals surface area contributed by atoms with Gasteiger partial charge in [0.1, 0.15) is 18.1 Å². The number of piperazine rings is 1. The molecular weight excluding hydrogens is 520 g/mol. The summed E-state index contributed by atoms with van der Waals surface area (Å²) in [4.78, 5) is 22.6. The molecule has 206 valence electrons. The lowest BCUT2D eigenvalue weighted by molar-refractivity contribution is -0.113. The Bertz CT molecular complexity index is 1460. The number of para-hydroxylation sites is 1. The van der Waals surface area contributed by atoms with Gasteiger partial charge in [0, 0.05) is 55.6 Å². The van der Waals surface area contributed by atoms with E-state index in [9.17, 15) is 4.79 Å². The van der Waals surface area contributed by atoms with E-state index in [1.807, 2.05) is 48.5 Å². The molecule has 4 aromatic rings. The van der Waals surface area contributed by atoms with Gasteiger partial charge in [-0.1, -0.05) is 42.5 Å². The molecule has 0 bridgehead atoms. The molecule has 2 aliphatic heterocycles. The van der Waals surface area contributed by atoms with Gasteiger partial charge in [-0.15, -0.1) is 11.8 Å². The minimum absolute atomic E-state index is 0.0531. The second-order valence-corrected chi connectivity index (χ2v) is 11.2. The standard InChI is InChI=1S/C32H34N4O3S/c37-32-23-40-31-20-26(11-12-29(31)34-32)38-18-6-13-35-14-16-36(17-15-35)21-25-19-30(27-9-4-5-10-28(27)33-25)39-22-24-7-2-1-3-8-24/h1-5,7-12,19-20H,6,13-18,21-23H2,(H,34,37). The highest BCUT2D eigenvalue weighted by Crippen LogP contribution is 2.34. The molecular formula is C32H34N4O3S. The fraction of sp³-hybridized carbons (Fsp3) is 0.312. The zero-order valence-electron chi connectivity index (χ0n) is 22.6. The van der Waals surface area contributed by atoms with Crippen LogP contribution in [0.3, 0.4) is 0 Å². The summed E-state index contributed by atoms with van der Waals surface area (Å²) in [6.45, 7) is 7.19. The summed E-state index contributed by atoms with van der Waals surface area (Å²) in [5, 5.41) is 3.95. The summed E-state index contributed by atoms with van der Waals surface area (Å²) in [6.07, 6.45) is 0.981. The molecule has 1 fully saturated rings. The Hall–Kier alpha value is -3.59. The maximum atomic E-state index is 11.5. The average Bonchev–Trinajstić information content (AvgIpc) is 2.99. The number of pyridine rings is 1. The molecule has 0 radical (unpaired) electrons. The first-order valence-electron chi connectivity index (χ1n) is 13.9. The number of carbonyl (C=O) groups is 1. The van der Waals surface area contributed by atoms with Gasteiger partial charge in [0.15, 0.2) is 0 Å². The van der Waals surface area contributed by atoms with Gasteiger partial charge >= 0.3 is 0 Å². The highest BCUT2D eigenvalue weighted by Gasteiger charge is 2.19. The molecule has 0 aliphatic carbocycles. The van der Waals surface area contributed by atoms with Gasteiger partial charge in [-0.2, -0.15) is 0 Å². The summed E-state index contributed by atoms with van der Waals surface area (Å²) in [6, 6.07) is 26.5. The van der Waals surface area contributed by atoms with Crippen LogP contribution in [0.15, 0.2) is 83.8 Å². The normalized spacial score (nSPS) is 15.9. The lowest BCUT2D eigenvalue weighted by Crippen LogP contribution is -2.46. The summed E-state index contributed by atoms with van der Waals surface area (Å²) in [5.41, 5.74) is 4.06. The third-order valence-corrected chi connectivity index (χ3v) is 8.35. The maximum absolute atomic E-state index is 11.5. The van der Waals surface area contributed by atoms with Crippen molar-refractivity contribution >= 4 is 34.3 Å². The lowest BCUT2D eigenvalue weighted by atomic mass is 10.1. The number of fused-ring (bicyclic) bond motifs is 2. The highest BCUT2D eigenvalue weighted by molar-refractivity contribution is 8.00. The molecule has 40 heavy (non-hydrogen) atoms. The van der Waals surface area contributed by atoms with Crippen molar-refractivity contribution in [3.05, 3.63) is 90.1 Å². The Kier molecular flexibility index (Phi) is 8.47. The first kappa shape index (κ1) is 26.6. The molecule has 2 aliphatic rings. The van der Waals surface area contributed by atoms with Gasteiger partial charge in [0.05, 0.1) is 29.3 Å². The van der Waals surface area contributed by atoms with Gasteiger partial charge < -0.3 is 19.7 Å². The zero-order chi connectivity index (χ0) is 27.1. The van der Waals surface area contributed by atoms with Crippen molar-refractivity contribution in [2.75, 3.05) is 50.4 Å². The number of ether oxygens (including phenoxy) is 2. The monoisotopic (exact) mass is 554 g/mol. The zero-order valence-corrected chi connectivity index (χ0v) is 23.4. The summed E-state index contributed by atoms with van der Waals surface area (Å²) in [7, 11) is 0. The Morgan fingerprint density at radius 1 is 0.875 bits per heavy atom. The van der Waals surface area contributed by atoms with E-state index in [2.05, 4.69) is 45.4 Å². The highest BCUT2D eigenvalue weighted by atomic mass is 32.2. The number of nitrogens with one attached hydrogen (secondary N) is 1. The quantitative estimate of drug-likeness (QED) is 0.262. The van der Waals surface area contributed by atoms with Crippen LogP contribution in [0.1, 0.15) is 17.7 Å². The van der Waals surface area contributed by atoms with Crippen molar-refractivity contribution in [1.82, 2.24) is 14.8 Å². The number of aromatic nitrogens is 1. The smallest absolute Gasteiger partial charge is 0.234 e. The van der Waals surface area contributed by atoms with Crippen molar-refractivity contribution in [2.24, 2.45) is 0 Å². The second kappa shape index (κ2) is 12.7. The number of thioether (sulfide) groups is 1. The summed E-state index contributed by atoms with van der Waals surface area (Å²) in [5.74, 6) is 2.27. The number of rotatable bonds is 10. The molecule has 1 aromatic heterocycles. The van der Waals surface area contributed by atoms with Crippen LogP contribution in [0.4, 0.5) is 5.69 Å². The second-order valence-electron chi connectivity index (χ2n) is 10.2. The molecule has 6 rings (SSSR count). The third kappa shape index (κ3) is 6.75. The molecule has 1 amide bonds. The van der Waals surface area contributed by atoms with Crippen LogP contribution >= 0.6 is 11.8 Å². The minimum Gasteiger partial charge on any atom is -0.494 e. The van der Waals surface area contributed by atoms with Crippen molar-refractivity contribution in [3.8, 4) is 11.5 Å². The van der Waals surface area contributed by atoms with E-state index < -0.39 is 0 Å². The maximum Gasteiger partial charge on any atom is 0.234 e. The van der Waals surface area contributed by atoms with Crippen LogP contribution in [0.2, 0.25) is 0 Å². The van der Waals surface area contributed by atoms with E-state index >= 15 is 0 Å². The summed E-state index contributed by atoms with van der Waals surface area (Å²) < 4.78 is 12.3. The van der Waals surface area contributed by atoms with E-state index in [1.165, 1.54) is 0 Å². The SMILES string of the molecule is O=C1CSc2cc(OCCCN3CCN(Cc4cc(OCc5ccccc5)c5ccccc5n4)CC3)ccc2N1. The number of nitrogens with zero attached hydrogens (tertiary/aromatic N) is 3. The molecule has 1 saturated heterocycles. The Morgan fingerprint density at radius 2 is 1.68 bits per heavy atom. The van der Waals surface area contributed by atoms with E-state index in [-0.39, 0.29) is 5.91 Å². The Morgan fingerprint density at radius 3 is 2.55 bits per heavy atom. The molecule has 0 spiro atoms. The number of amides is 1. The van der Waals surface area contributed by atoms with Crippen LogP contribution in [-0.2, 0) is 17.9 Å². The van der Waals surface area contributed by atoms with E-state index in [4.69, 9.17) is 14.5 Å². The Balaban J connectivity index is 0.973. The summed E-state index contributed by atoms with van der Waals surface area (Å²) >= 11 is 1.56. The van der Waals surface area contributed by atoms with Crippen LogP contribution in [0.25, 0.3) is 10.9 Å². The predicted molar refractivity (Wildman–Crippen MR) is 160 cm³/mol. The minimum atomic E-state index is 0.0531. The van der Waals surface area contributed by atoms with Gasteiger partial charge in [0.2, 0.25) is 5.91 Å². The van der Waals surface area contributed by atoms with Crippen molar-refractivity contribution in [1.29, 1.82) is 0 Å². The molecule has 7 nitrogen and oxygen atoms in total. The van der Waals surface area contributed by atoms with Crippen LogP contribution < -0.4 is 14.8 Å². The molecule has 0 atom stereocenters. The number of anilines is 1.